The van der Waals surface area contributed by atoms with Crippen LogP contribution in [0.3, 0.4) is 0 Å². The molecule has 0 aliphatic carbocycles. The number of rotatable bonds is 5. The highest BCUT2D eigenvalue weighted by molar-refractivity contribution is 5.78. The SMILES string of the molecule is Cc1nn(C[C@@H]2C[C@H](C)CN2)nc1COc1cc(N)nc2[nH]nnc12. The Bertz CT molecular complexity index is 886. The van der Waals surface area contributed by atoms with Crippen LogP contribution in [0.15, 0.2) is 6.07 Å². The van der Waals surface area contributed by atoms with Crippen LogP contribution >= 0.6 is 0 Å². The van der Waals surface area contributed by atoms with Gasteiger partial charge in [-0.3, -0.25) is 0 Å². The number of fused-ring (bicyclic) bond motifs is 1. The minimum absolute atomic E-state index is 0.283. The van der Waals surface area contributed by atoms with Crippen molar-refractivity contribution >= 4 is 17.0 Å². The molecule has 25 heavy (non-hydrogen) atoms. The predicted octanol–water partition coefficient (Wildman–Crippen LogP) is 0.412. The number of H-pyrrole nitrogens is 1. The Morgan fingerprint density at radius 1 is 1.40 bits per heavy atom. The highest BCUT2D eigenvalue weighted by atomic mass is 16.5. The summed E-state index contributed by atoms with van der Waals surface area (Å²) in [5.74, 6) is 1.57. The minimum atomic E-state index is 0.283. The summed E-state index contributed by atoms with van der Waals surface area (Å²) in [6.07, 6.45) is 1.15. The fourth-order valence-corrected chi connectivity index (χ4v) is 3.12. The lowest BCUT2D eigenvalue weighted by molar-refractivity contribution is 0.301. The molecule has 10 heteroatoms. The number of nitrogen functional groups attached to an aromatic ring is 1. The third-order valence-electron chi connectivity index (χ3n) is 4.39. The second-order valence-electron chi connectivity index (χ2n) is 6.58. The van der Waals surface area contributed by atoms with Crippen LogP contribution in [0.1, 0.15) is 24.7 Å². The number of anilines is 1. The fourth-order valence-electron chi connectivity index (χ4n) is 3.12. The summed E-state index contributed by atoms with van der Waals surface area (Å²) in [5, 5.41) is 22.9. The van der Waals surface area contributed by atoms with Gasteiger partial charge in [0.05, 0.1) is 12.2 Å². The molecule has 4 N–H and O–H groups in total. The van der Waals surface area contributed by atoms with E-state index in [9.17, 15) is 0 Å². The molecule has 132 valence electrons. The van der Waals surface area contributed by atoms with E-state index in [1.54, 1.807) is 10.9 Å². The Morgan fingerprint density at radius 3 is 3.08 bits per heavy atom. The minimum Gasteiger partial charge on any atom is -0.485 e. The standard InChI is InChI=1S/C15H21N9O/c1-8-3-10(17-5-8)6-24-21-9(2)11(22-24)7-25-12-4-13(16)18-15-14(12)19-23-20-15/h4,8,10,17H,3,5-7H2,1-2H3,(H3,16,18,19,20,23)/t8-,10-/m0/s1. The van der Waals surface area contributed by atoms with Crippen LogP contribution in [0, 0.1) is 12.8 Å². The fraction of sp³-hybridized carbons (Fsp3) is 0.533. The third kappa shape index (κ3) is 3.25. The molecule has 3 aromatic rings. The van der Waals surface area contributed by atoms with Crippen molar-refractivity contribution in [2.45, 2.75) is 39.5 Å². The Labute approximate surface area is 144 Å². The van der Waals surface area contributed by atoms with Gasteiger partial charge in [-0.15, -0.1) is 5.10 Å². The first-order valence-corrected chi connectivity index (χ1v) is 8.32. The van der Waals surface area contributed by atoms with Gasteiger partial charge in [-0.05, 0) is 25.8 Å². The van der Waals surface area contributed by atoms with Crippen molar-refractivity contribution in [1.29, 1.82) is 0 Å². The van der Waals surface area contributed by atoms with E-state index in [-0.39, 0.29) is 6.61 Å². The maximum Gasteiger partial charge on any atom is 0.181 e. The molecule has 0 bridgehead atoms. The van der Waals surface area contributed by atoms with Gasteiger partial charge in [0.2, 0.25) is 0 Å². The highest BCUT2D eigenvalue weighted by Crippen LogP contribution is 2.24. The summed E-state index contributed by atoms with van der Waals surface area (Å²) in [6, 6.07) is 2.05. The van der Waals surface area contributed by atoms with Crippen molar-refractivity contribution in [3.63, 3.8) is 0 Å². The number of nitrogens with one attached hydrogen (secondary N) is 2. The van der Waals surface area contributed by atoms with Crippen molar-refractivity contribution in [2.24, 2.45) is 5.92 Å². The lowest BCUT2D eigenvalue weighted by atomic mass is 10.1. The van der Waals surface area contributed by atoms with Crippen molar-refractivity contribution in [3.8, 4) is 5.75 Å². The number of hydrogen-bond donors (Lipinski definition) is 3. The number of nitrogens with two attached hydrogens (primary N) is 1. The van der Waals surface area contributed by atoms with Gasteiger partial charge in [0.15, 0.2) is 16.9 Å². The van der Waals surface area contributed by atoms with Crippen LogP contribution in [0.2, 0.25) is 0 Å². The normalized spacial score (nSPS) is 20.4. The van der Waals surface area contributed by atoms with Gasteiger partial charge >= 0.3 is 0 Å². The molecular weight excluding hydrogens is 322 g/mol. The monoisotopic (exact) mass is 343 g/mol. The lowest BCUT2D eigenvalue weighted by Gasteiger charge is -2.08. The number of ether oxygens (including phenoxy) is 1. The molecule has 0 unspecified atom stereocenters. The number of aryl methyl sites for hydroxylation is 1. The van der Waals surface area contributed by atoms with Gasteiger partial charge in [-0.2, -0.15) is 15.0 Å². The molecule has 0 aromatic carbocycles. The molecule has 1 fully saturated rings. The van der Waals surface area contributed by atoms with Crippen molar-refractivity contribution in [3.05, 3.63) is 17.5 Å². The van der Waals surface area contributed by atoms with E-state index in [0.29, 0.717) is 34.7 Å². The van der Waals surface area contributed by atoms with E-state index in [4.69, 9.17) is 10.5 Å². The average Bonchev–Trinajstić information content (AvgIpc) is 3.26. The van der Waals surface area contributed by atoms with Crippen LogP contribution in [0.4, 0.5) is 5.82 Å². The summed E-state index contributed by atoms with van der Waals surface area (Å²) in [7, 11) is 0. The summed E-state index contributed by atoms with van der Waals surface area (Å²) < 4.78 is 5.85. The van der Waals surface area contributed by atoms with Crippen molar-refractivity contribution in [1.82, 2.24) is 40.7 Å². The molecular formula is C15H21N9O. The number of pyridine rings is 1. The first-order chi connectivity index (χ1) is 12.1. The van der Waals surface area contributed by atoms with Gasteiger partial charge in [0.1, 0.15) is 18.1 Å². The molecule has 0 radical (unpaired) electrons. The Hall–Kier alpha value is -2.75. The largest absolute Gasteiger partial charge is 0.485 e. The Morgan fingerprint density at radius 2 is 2.28 bits per heavy atom. The average molecular weight is 343 g/mol. The van der Waals surface area contributed by atoms with E-state index in [1.165, 1.54) is 0 Å². The van der Waals surface area contributed by atoms with E-state index in [2.05, 4.69) is 42.8 Å². The van der Waals surface area contributed by atoms with Crippen LogP contribution in [0.5, 0.6) is 5.75 Å². The van der Waals surface area contributed by atoms with E-state index < -0.39 is 0 Å². The van der Waals surface area contributed by atoms with Crippen LogP contribution in [0.25, 0.3) is 11.2 Å². The summed E-state index contributed by atoms with van der Waals surface area (Å²) >= 11 is 0. The molecule has 0 saturated carbocycles. The zero-order chi connectivity index (χ0) is 17.4. The number of aromatic amines is 1. The van der Waals surface area contributed by atoms with Crippen molar-refractivity contribution < 1.29 is 4.74 Å². The van der Waals surface area contributed by atoms with E-state index >= 15 is 0 Å². The molecule has 0 amide bonds. The maximum atomic E-state index is 5.85. The number of aromatic nitrogens is 7. The second kappa shape index (κ2) is 6.28. The molecule has 4 rings (SSSR count). The van der Waals surface area contributed by atoms with Gasteiger partial charge in [-0.25, -0.2) is 10.1 Å². The van der Waals surface area contributed by atoms with Crippen LogP contribution < -0.4 is 15.8 Å². The first-order valence-electron chi connectivity index (χ1n) is 8.32. The number of nitrogens with zero attached hydrogens (tertiary/aromatic N) is 6. The molecule has 0 spiro atoms. The molecule has 10 nitrogen and oxygen atoms in total. The third-order valence-corrected chi connectivity index (χ3v) is 4.39. The highest BCUT2D eigenvalue weighted by Gasteiger charge is 2.22. The Balaban J connectivity index is 1.46. The van der Waals surface area contributed by atoms with E-state index in [0.717, 1.165) is 30.9 Å². The van der Waals surface area contributed by atoms with Gasteiger partial charge < -0.3 is 15.8 Å². The summed E-state index contributed by atoms with van der Waals surface area (Å²) in [4.78, 5) is 5.86. The van der Waals surface area contributed by atoms with Gasteiger partial charge in [0, 0.05) is 12.1 Å². The second-order valence-corrected chi connectivity index (χ2v) is 6.58. The topological polar surface area (TPSA) is 132 Å². The molecule has 1 aliphatic heterocycles. The molecule has 3 aromatic heterocycles. The molecule has 1 saturated heterocycles. The van der Waals surface area contributed by atoms with Gasteiger partial charge in [0.25, 0.3) is 0 Å². The number of hydrogen-bond acceptors (Lipinski definition) is 8. The molecule has 4 heterocycles. The van der Waals surface area contributed by atoms with Crippen LogP contribution in [-0.4, -0.2) is 48.0 Å². The lowest BCUT2D eigenvalue weighted by Crippen LogP contribution is -2.27. The summed E-state index contributed by atoms with van der Waals surface area (Å²) in [5.41, 5.74) is 8.47. The Kier molecular flexibility index (Phi) is 3.96. The van der Waals surface area contributed by atoms with Gasteiger partial charge in [-0.1, -0.05) is 12.1 Å². The predicted molar refractivity (Wildman–Crippen MR) is 90.8 cm³/mol. The van der Waals surface area contributed by atoms with Crippen LogP contribution in [-0.2, 0) is 13.2 Å². The first kappa shape index (κ1) is 15.8. The van der Waals surface area contributed by atoms with Crippen molar-refractivity contribution in [2.75, 3.05) is 12.3 Å². The van der Waals surface area contributed by atoms with E-state index in [1.807, 2.05) is 6.92 Å². The summed E-state index contributed by atoms with van der Waals surface area (Å²) in [6.45, 7) is 6.28. The maximum absolute atomic E-state index is 5.85. The zero-order valence-corrected chi connectivity index (χ0v) is 14.2. The molecule has 2 atom stereocenters. The zero-order valence-electron chi connectivity index (χ0n) is 14.2. The smallest absolute Gasteiger partial charge is 0.181 e. The molecule has 1 aliphatic rings. The quantitative estimate of drug-likeness (QED) is 0.607.